The summed E-state index contributed by atoms with van der Waals surface area (Å²) in [5.41, 5.74) is 0.573. The van der Waals surface area contributed by atoms with Crippen LogP contribution in [-0.2, 0) is 14.3 Å². The summed E-state index contributed by atoms with van der Waals surface area (Å²) in [7, 11) is 0. The van der Waals surface area contributed by atoms with Crippen LogP contribution in [0.3, 0.4) is 0 Å². The zero-order valence-electron chi connectivity index (χ0n) is 11.5. The third kappa shape index (κ3) is 4.06. The molecule has 112 valence electrons. The second-order valence-corrected chi connectivity index (χ2v) is 4.65. The maximum Gasteiger partial charge on any atom is 0.332 e. The molecule has 2 rings (SSSR count). The summed E-state index contributed by atoms with van der Waals surface area (Å²) in [5, 5.41) is 11.5. The Morgan fingerprint density at radius 3 is 2.86 bits per heavy atom. The minimum Gasteiger partial charge on any atom is -0.489 e. The lowest BCUT2D eigenvalue weighted by Gasteiger charge is -2.12. The highest BCUT2D eigenvalue weighted by molar-refractivity contribution is 5.94. The Morgan fingerprint density at radius 2 is 2.19 bits per heavy atom. The van der Waals surface area contributed by atoms with E-state index in [1.54, 1.807) is 30.3 Å². The highest BCUT2D eigenvalue weighted by Crippen LogP contribution is 2.22. The highest BCUT2D eigenvalue weighted by atomic mass is 16.5. The fourth-order valence-corrected chi connectivity index (χ4v) is 2.05. The molecule has 1 aliphatic heterocycles. The van der Waals surface area contributed by atoms with Crippen LogP contribution in [0.4, 0.5) is 5.69 Å². The fraction of sp³-hybridized carbons (Fsp3) is 0.333. The average Bonchev–Trinajstić information content (AvgIpc) is 2.95. The molecule has 0 unspecified atom stereocenters. The smallest absolute Gasteiger partial charge is 0.332 e. The van der Waals surface area contributed by atoms with Crippen LogP contribution in [0.5, 0.6) is 5.75 Å². The molecule has 0 saturated carbocycles. The second kappa shape index (κ2) is 6.90. The Balaban J connectivity index is 1.93. The lowest BCUT2D eigenvalue weighted by atomic mass is 10.2. The van der Waals surface area contributed by atoms with E-state index in [0.717, 1.165) is 0 Å². The van der Waals surface area contributed by atoms with E-state index in [2.05, 4.69) is 11.9 Å². The standard InChI is InChI=1S/C15H17NO5/c1-2-8-20-11-5-3-4-10(9-11)16-14(17)12-6-7-13(21-12)15(18)19/h2-5,9,12-13H,1,6-8H2,(H,16,17)(H,18,19)/t12-,13+/m0/s1. The Bertz CT molecular complexity index is 543. The number of aliphatic carboxylic acids is 1. The van der Waals surface area contributed by atoms with Gasteiger partial charge in [-0.25, -0.2) is 4.79 Å². The normalized spacial score (nSPS) is 20.8. The van der Waals surface area contributed by atoms with E-state index in [0.29, 0.717) is 30.9 Å². The van der Waals surface area contributed by atoms with Crippen LogP contribution in [0.1, 0.15) is 12.8 Å². The van der Waals surface area contributed by atoms with E-state index in [4.69, 9.17) is 14.6 Å². The summed E-state index contributed by atoms with van der Waals surface area (Å²) in [4.78, 5) is 22.8. The van der Waals surface area contributed by atoms with Gasteiger partial charge in [-0.2, -0.15) is 0 Å². The molecular formula is C15H17NO5. The molecule has 2 atom stereocenters. The van der Waals surface area contributed by atoms with Crippen molar-refractivity contribution in [3.63, 3.8) is 0 Å². The molecule has 1 saturated heterocycles. The number of benzene rings is 1. The third-order valence-corrected chi connectivity index (χ3v) is 3.06. The number of rotatable bonds is 6. The number of amides is 1. The minimum atomic E-state index is -1.04. The Kier molecular flexibility index (Phi) is 4.94. The van der Waals surface area contributed by atoms with E-state index in [1.165, 1.54) is 0 Å². The molecule has 6 nitrogen and oxygen atoms in total. The maximum atomic E-state index is 12.0. The molecular weight excluding hydrogens is 274 g/mol. The Labute approximate surface area is 122 Å². The van der Waals surface area contributed by atoms with Crippen LogP contribution in [0, 0.1) is 0 Å². The van der Waals surface area contributed by atoms with Gasteiger partial charge in [-0.05, 0) is 25.0 Å². The quantitative estimate of drug-likeness (QED) is 0.781. The first kappa shape index (κ1) is 15.1. The van der Waals surface area contributed by atoms with Crippen LogP contribution in [-0.4, -0.2) is 35.8 Å². The molecule has 0 bridgehead atoms. The van der Waals surface area contributed by atoms with Crippen LogP contribution >= 0.6 is 0 Å². The van der Waals surface area contributed by atoms with E-state index < -0.39 is 18.2 Å². The van der Waals surface area contributed by atoms with Crippen molar-refractivity contribution in [1.29, 1.82) is 0 Å². The molecule has 1 heterocycles. The van der Waals surface area contributed by atoms with Gasteiger partial charge in [0.2, 0.25) is 0 Å². The molecule has 1 aromatic rings. The number of carbonyl (C=O) groups is 2. The van der Waals surface area contributed by atoms with Gasteiger partial charge in [0.25, 0.3) is 5.91 Å². The topological polar surface area (TPSA) is 84.9 Å². The van der Waals surface area contributed by atoms with Crippen LogP contribution in [0.15, 0.2) is 36.9 Å². The van der Waals surface area contributed by atoms with E-state index in [1.807, 2.05) is 0 Å². The Hall–Kier alpha value is -2.34. The highest BCUT2D eigenvalue weighted by Gasteiger charge is 2.34. The van der Waals surface area contributed by atoms with Gasteiger partial charge in [0.15, 0.2) is 6.10 Å². The molecule has 0 aromatic heterocycles. The molecule has 21 heavy (non-hydrogen) atoms. The number of nitrogens with one attached hydrogen (secondary N) is 1. The van der Waals surface area contributed by atoms with Crippen molar-refractivity contribution in [3.8, 4) is 5.75 Å². The molecule has 0 aliphatic carbocycles. The lowest BCUT2D eigenvalue weighted by molar-refractivity contribution is -0.150. The van der Waals surface area contributed by atoms with E-state index in [9.17, 15) is 9.59 Å². The van der Waals surface area contributed by atoms with Gasteiger partial charge in [-0.3, -0.25) is 4.79 Å². The van der Waals surface area contributed by atoms with Crippen molar-refractivity contribution in [2.75, 3.05) is 11.9 Å². The molecule has 1 fully saturated rings. The predicted octanol–water partition coefficient (Wildman–Crippen LogP) is 1.82. The molecule has 0 radical (unpaired) electrons. The van der Waals surface area contributed by atoms with Crippen molar-refractivity contribution in [3.05, 3.63) is 36.9 Å². The number of carbonyl (C=O) groups excluding carboxylic acids is 1. The van der Waals surface area contributed by atoms with E-state index >= 15 is 0 Å². The largest absolute Gasteiger partial charge is 0.489 e. The predicted molar refractivity (Wildman–Crippen MR) is 76.3 cm³/mol. The molecule has 0 spiro atoms. The van der Waals surface area contributed by atoms with Gasteiger partial charge in [-0.1, -0.05) is 18.7 Å². The van der Waals surface area contributed by atoms with Crippen LogP contribution in [0.2, 0.25) is 0 Å². The third-order valence-electron chi connectivity index (χ3n) is 3.06. The first-order valence-corrected chi connectivity index (χ1v) is 6.63. The van der Waals surface area contributed by atoms with Crippen molar-refractivity contribution in [2.24, 2.45) is 0 Å². The first-order valence-electron chi connectivity index (χ1n) is 6.63. The van der Waals surface area contributed by atoms with Crippen molar-refractivity contribution < 1.29 is 24.2 Å². The molecule has 2 N–H and O–H groups in total. The van der Waals surface area contributed by atoms with E-state index in [-0.39, 0.29) is 5.91 Å². The van der Waals surface area contributed by atoms with Crippen molar-refractivity contribution in [2.45, 2.75) is 25.0 Å². The number of carboxylic acids is 1. The van der Waals surface area contributed by atoms with Gasteiger partial charge in [0, 0.05) is 11.8 Å². The van der Waals surface area contributed by atoms with Gasteiger partial charge in [-0.15, -0.1) is 0 Å². The fourth-order valence-electron chi connectivity index (χ4n) is 2.05. The maximum absolute atomic E-state index is 12.0. The SMILES string of the molecule is C=CCOc1cccc(NC(=O)[C@@H]2CC[C@H](C(=O)O)O2)c1. The summed E-state index contributed by atoms with van der Waals surface area (Å²) in [6.45, 7) is 3.94. The molecule has 1 aromatic carbocycles. The minimum absolute atomic E-state index is 0.343. The second-order valence-electron chi connectivity index (χ2n) is 4.65. The van der Waals surface area contributed by atoms with Gasteiger partial charge in [0.1, 0.15) is 18.5 Å². The van der Waals surface area contributed by atoms with Gasteiger partial charge in [0.05, 0.1) is 0 Å². The van der Waals surface area contributed by atoms with Gasteiger partial charge < -0.3 is 19.9 Å². The summed E-state index contributed by atoms with van der Waals surface area (Å²) < 4.78 is 10.6. The van der Waals surface area contributed by atoms with Crippen LogP contribution < -0.4 is 10.1 Å². The number of hydrogen-bond acceptors (Lipinski definition) is 4. The summed E-state index contributed by atoms with van der Waals surface area (Å²) >= 11 is 0. The molecule has 1 aliphatic rings. The van der Waals surface area contributed by atoms with Gasteiger partial charge >= 0.3 is 5.97 Å². The summed E-state index contributed by atoms with van der Waals surface area (Å²) in [6, 6.07) is 6.93. The zero-order chi connectivity index (χ0) is 15.2. The lowest BCUT2D eigenvalue weighted by Crippen LogP contribution is -2.29. The number of ether oxygens (including phenoxy) is 2. The number of hydrogen-bond donors (Lipinski definition) is 2. The number of carboxylic acid groups (broad SMARTS) is 1. The van der Waals surface area contributed by atoms with Crippen molar-refractivity contribution >= 4 is 17.6 Å². The number of anilines is 1. The van der Waals surface area contributed by atoms with Crippen LogP contribution in [0.25, 0.3) is 0 Å². The van der Waals surface area contributed by atoms with Crippen molar-refractivity contribution in [1.82, 2.24) is 0 Å². The zero-order valence-corrected chi connectivity index (χ0v) is 11.5. The Morgan fingerprint density at radius 1 is 1.43 bits per heavy atom. The molecule has 6 heteroatoms. The summed E-state index contributed by atoms with van der Waals surface area (Å²) in [5.74, 6) is -0.770. The average molecular weight is 291 g/mol. The first-order chi connectivity index (χ1) is 10.1. The summed E-state index contributed by atoms with van der Waals surface area (Å²) in [6.07, 6.45) is 0.738. The monoisotopic (exact) mass is 291 g/mol. The molecule has 1 amide bonds.